The van der Waals surface area contributed by atoms with Crippen LogP contribution in [0.15, 0.2) is 49.6 Å². The number of hydrogen-bond donors (Lipinski definition) is 3. The molecule has 1 atom stereocenters. The van der Waals surface area contributed by atoms with Crippen molar-refractivity contribution in [2.24, 2.45) is 0 Å². The monoisotopic (exact) mass is 445 g/mol. The zero-order chi connectivity index (χ0) is 23.0. The van der Waals surface area contributed by atoms with Crippen molar-refractivity contribution in [3.8, 4) is 11.3 Å². The molecule has 2 rings (SSSR count). The minimum absolute atomic E-state index is 0.0264. The molecule has 2 aromatic rings. The summed E-state index contributed by atoms with van der Waals surface area (Å²) in [6.07, 6.45) is 2.60. The van der Waals surface area contributed by atoms with Crippen molar-refractivity contribution in [1.29, 1.82) is 0 Å². The fourth-order valence-electron chi connectivity index (χ4n) is 2.84. The van der Waals surface area contributed by atoms with Gasteiger partial charge in [-0.3, -0.25) is 14.9 Å². The summed E-state index contributed by atoms with van der Waals surface area (Å²) in [4.78, 5) is 34.2. The molecule has 0 saturated heterocycles. The summed E-state index contributed by atoms with van der Waals surface area (Å²) in [5.74, 6) is -0.378. The summed E-state index contributed by atoms with van der Waals surface area (Å²) in [5, 5.41) is 33.4. The van der Waals surface area contributed by atoms with E-state index in [1.807, 2.05) is 0 Å². The molecule has 2 amide bonds. The van der Waals surface area contributed by atoms with Gasteiger partial charge in [-0.1, -0.05) is 23.8 Å². The quantitative estimate of drug-likeness (QED) is 0.277. The highest BCUT2D eigenvalue weighted by Gasteiger charge is 2.23. The molecule has 162 valence electrons. The Morgan fingerprint density at radius 1 is 1.26 bits per heavy atom. The second-order valence-corrected chi connectivity index (χ2v) is 6.75. The van der Waals surface area contributed by atoms with Crippen LogP contribution in [0.4, 0.5) is 16.2 Å². The van der Waals surface area contributed by atoms with Crippen LogP contribution in [0.3, 0.4) is 0 Å². The maximum absolute atomic E-state index is 12.3. The Bertz CT molecular complexity index is 1030. The lowest BCUT2D eigenvalue weighted by molar-refractivity contribution is -0.384. The predicted octanol–water partition coefficient (Wildman–Crippen LogP) is 4.49. The number of hydrogen-bond acceptors (Lipinski definition) is 6. The molecule has 10 nitrogen and oxygen atoms in total. The number of nitro groups is 1. The van der Waals surface area contributed by atoms with E-state index in [-0.39, 0.29) is 41.0 Å². The molecule has 1 aromatic heterocycles. The molecule has 1 aromatic carbocycles. The second kappa shape index (κ2) is 10.8. The second-order valence-electron chi connectivity index (χ2n) is 6.36. The van der Waals surface area contributed by atoms with Gasteiger partial charge in [-0.05, 0) is 25.0 Å². The van der Waals surface area contributed by atoms with Gasteiger partial charge in [-0.2, -0.15) is 0 Å². The molecule has 0 aliphatic heterocycles. The number of carboxylic acid groups (broad SMARTS) is 1. The first kappa shape index (κ1) is 23.5. The number of rotatable bonds is 10. The molecule has 31 heavy (non-hydrogen) atoms. The van der Waals surface area contributed by atoms with Crippen LogP contribution in [-0.2, 0) is 4.79 Å². The number of halogens is 1. The van der Waals surface area contributed by atoms with Crippen LogP contribution in [0.2, 0.25) is 5.15 Å². The summed E-state index contributed by atoms with van der Waals surface area (Å²) in [5.41, 5.74) is 0.793. The van der Waals surface area contributed by atoms with Crippen molar-refractivity contribution in [3.05, 3.63) is 70.4 Å². The summed E-state index contributed by atoms with van der Waals surface area (Å²) in [6, 6.07) is 4.54. The fourth-order valence-corrected chi connectivity index (χ4v) is 2.99. The van der Waals surface area contributed by atoms with Crippen LogP contribution >= 0.6 is 11.6 Å². The van der Waals surface area contributed by atoms with Crippen molar-refractivity contribution < 1.29 is 19.6 Å². The van der Waals surface area contributed by atoms with E-state index in [2.05, 4.69) is 34.0 Å². The third-order valence-corrected chi connectivity index (χ3v) is 4.37. The van der Waals surface area contributed by atoms with E-state index in [9.17, 15) is 24.8 Å². The third-order valence-electron chi connectivity index (χ3n) is 4.19. The van der Waals surface area contributed by atoms with Gasteiger partial charge in [0.05, 0.1) is 16.7 Å². The van der Waals surface area contributed by atoms with Crippen molar-refractivity contribution in [3.63, 3.8) is 0 Å². The smallest absolute Gasteiger partial charge is 0.405 e. The highest BCUT2D eigenvalue weighted by molar-refractivity contribution is 6.29. The number of non-ortho nitro benzene ring substituents is 1. The van der Waals surface area contributed by atoms with Gasteiger partial charge < -0.3 is 15.7 Å². The molecule has 0 saturated carbocycles. The summed E-state index contributed by atoms with van der Waals surface area (Å²) in [6.45, 7) is 7.19. The van der Waals surface area contributed by atoms with Crippen molar-refractivity contribution >= 4 is 35.0 Å². The van der Waals surface area contributed by atoms with Crippen LogP contribution in [-0.4, -0.2) is 32.2 Å². The van der Waals surface area contributed by atoms with Crippen LogP contribution in [0.25, 0.3) is 11.3 Å². The number of aromatic nitrogens is 2. The molecular weight excluding hydrogens is 426 g/mol. The third kappa shape index (κ3) is 6.34. The maximum Gasteiger partial charge on any atom is 0.405 e. The van der Waals surface area contributed by atoms with E-state index >= 15 is 0 Å². The zero-order valence-corrected chi connectivity index (χ0v) is 17.1. The summed E-state index contributed by atoms with van der Waals surface area (Å²) in [7, 11) is 0. The van der Waals surface area contributed by atoms with Crippen LogP contribution in [0, 0.1) is 10.1 Å². The Hall–Kier alpha value is -3.79. The molecular formula is C20H20ClN5O5. The Morgan fingerprint density at radius 2 is 2.00 bits per heavy atom. The molecule has 0 radical (unpaired) electrons. The standard InChI is InChI=1S/C20H20ClN5O5/c1-3-5-7-18(27)22-16-10-12(26(30)31)8-9-13(16)19-14(11-17(21)24-25-19)15(6-4-2)23-20(28)29/h3-4,8-11,15,23H,1-2,5-7H2,(H,22,27)(H,28,29). The zero-order valence-electron chi connectivity index (χ0n) is 16.4. The molecule has 0 aliphatic carbocycles. The van der Waals surface area contributed by atoms with Gasteiger partial charge in [-0.15, -0.1) is 23.4 Å². The van der Waals surface area contributed by atoms with Gasteiger partial charge in [-0.25, -0.2) is 4.79 Å². The molecule has 11 heteroatoms. The molecule has 3 N–H and O–H groups in total. The average Bonchev–Trinajstić information content (AvgIpc) is 2.71. The van der Waals surface area contributed by atoms with Crippen molar-refractivity contribution in [2.75, 3.05) is 5.32 Å². The van der Waals surface area contributed by atoms with E-state index in [4.69, 9.17) is 11.6 Å². The molecule has 1 heterocycles. The Labute approximate surface area is 182 Å². The fraction of sp³-hybridized carbons (Fsp3) is 0.200. The number of benzene rings is 1. The number of carbonyl (C=O) groups is 2. The number of amides is 2. The largest absolute Gasteiger partial charge is 0.465 e. The van der Waals surface area contributed by atoms with Gasteiger partial charge >= 0.3 is 6.09 Å². The highest BCUT2D eigenvalue weighted by atomic mass is 35.5. The number of allylic oxidation sites excluding steroid dienone is 1. The SMILES string of the molecule is C=CCCC(=O)Nc1cc([N+](=O)[O-])ccc1-c1nnc(Cl)cc1C(CC=C)NC(=O)O. The van der Waals surface area contributed by atoms with E-state index in [1.165, 1.54) is 30.3 Å². The molecule has 0 bridgehead atoms. The van der Waals surface area contributed by atoms with Gasteiger partial charge in [0.1, 0.15) is 5.69 Å². The molecule has 0 aliphatic rings. The predicted molar refractivity (Wildman–Crippen MR) is 116 cm³/mol. The number of nitro benzene ring substituents is 1. The van der Waals surface area contributed by atoms with Crippen molar-refractivity contribution in [2.45, 2.75) is 25.3 Å². The van der Waals surface area contributed by atoms with Crippen LogP contribution < -0.4 is 10.6 Å². The number of anilines is 1. The normalized spacial score (nSPS) is 11.3. The van der Waals surface area contributed by atoms with Crippen LogP contribution in [0.1, 0.15) is 30.9 Å². The minimum atomic E-state index is -1.27. The Balaban J connectivity index is 2.64. The van der Waals surface area contributed by atoms with Gasteiger partial charge in [0.2, 0.25) is 5.91 Å². The molecule has 0 spiro atoms. The Kier molecular flexibility index (Phi) is 8.21. The van der Waals surface area contributed by atoms with E-state index in [0.29, 0.717) is 17.5 Å². The highest BCUT2D eigenvalue weighted by Crippen LogP contribution is 2.36. The lowest BCUT2D eigenvalue weighted by Gasteiger charge is -2.20. The summed E-state index contributed by atoms with van der Waals surface area (Å²) >= 11 is 5.99. The number of carbonyl (C=O) groups excluding carboxylic acids is 1. The first-order valence-corrected chi connectivity index (χ1v) is 9.47. The lowest BCUT2D eigenvalue weighted by Crippen LogP contribution is -2.27. The topological polar surface area (TPSA) is 147 Å². The number of nitrogens with one attached hydrogen (secondary N) is 2. The molecule has 0 fully saturated rings. The lowest BCUT2D eigenvalue weighted by atomic mass is 9.97. The van der Waals surface area contributed by atoms with Gasteiger partial charge in [0.25, 0.3) is 5.69 Å². The van der Waals surface area contributed by atoms with E-state index in [0.717, 1.165) is 0 Å². The van der Waals surface area contributed by atoms with Crippen LogP contribution in [0.5, 0.6) is 0 Å². The van der Waals surface area contributed by atoms with E-state index < -0.39 is 17.1 Å². The minimum Gasteiger partial charge on any atom is -0.465 e. The van der Waals surface area contributed by atoms with E-state index in [1.54, 1.807) is 6.08 Å². The Morgan fingerprint density at radius 3 is 2.61 bits per heavy atom. The van der Waals surface area contributed by atoms with Gasteiger partial charge in [0, 0.05) is 29.7 Å². The first-order chi connectivity index (χ1) is 14.8. The first-order valence-electron chi connectivity index (χ1n) is 9.09. The summed E-state index contributed by atoms with van der Waals surface area (Å²) < 4.78 is 0. The maximum atomic E-state index is 12.3. The average molecular weight is 446 g/mol. The van der Waals surface area contributed by atoms with Crippen molar-refractivity contribution in [1.82, 2.24) is 15.5 Å². The molecule has 1 unspecified atom stereocenters. The van der Waals surface area contributed by atoms with Gasteiger partial charge in [0.15, 0.2) is 5.15 Å². The number of nitrogens with zero attached hydrogens (tertiary/aromatic N) is 3.